The van der Waals surface area contributed by atoms with Crippen molar-refractivity contribution in [3.63, 3.8) is 0 Å². The van der Waals surface area contributed by atoms with E-state index in [1.54, 1.807) is 19.1 Å². The van der Waals surface area contributed by atoms with E-state index in [0.717, 1.165) is 0 Å². The Kier molecular flexibility index (Phi) is 6.32. The van der Waals surface area contributed by atoms with Crippen LogP contribution in [0.5, 0.6) is 0 Å². The molecule has 0 spiro atoms. The lowest BCUT2D eigenvalue weighted by Crippen LogP contribution is -2.29. The molecule has 0 aliphatic carbocycles. The standard InChI is InChI=1S/C14H22N2O4S/c1-10(6-7-17)9-15-21(19,20)14-8-13(16-12(3)18)5-4-11(14)2/h4-5,8,10,15,17H,6-7,9H2,1-3H3,(H,16,18). The number of carbonyl (C=O) groups excluding carboxylic acids is 1. The fraction of sp³-hybridized carbons (Fsp3) is 0.500. The van der Waals surface area contributed by atoms with E-state index in [-0.39, 0.29) is 29.9 Å². The molecule has 0 saturated heterocycles. The van der Waals surface area contributed by atoms with Crippen LogP contribution in [0.15, 0.2) is 23.1 Å². The van der Waals surface area contributed by atoms with Crippen LogP contribution in [0, 0.1) is 12.8 Å². The summed E-state index contributed by atoms with van der Waals surface area (Å²) in [4.78, 5) is 11.2. The summed E-state index contributed by atoms with van der Waals surface area (Å²) < 4.78 is 27.2. The minimum atomic E-state index is -3.65. The first kappa shape index (κ1) is 17.6. The Labute approximate surface area is 125 Å². The third kappa shape index (κ3) is 5.45. The Morgan fingerprint density at radius 2 is 2.05 bits per heavy atom. The fourth-order valence-corrected chi connectivity index (χ4v) is 3.26. The van der Waals surface area contributed by atoms with E-state index in [2.05, 4.69) is 10.0 Å². The molecular formula is C14H22N2O4S. The number of aryl methyl sites for hydroxylation is 1. The number of nitrogens with one attached hydrogen (secondary N) is 2. The van der Waals surface area contributed by atoms with Crippen molar-refractivity contribution in [2.24, 2.45) is 5.92 Å². The lowest BCUT2D eigenvalue weighted by atomic mass is 10.1. The number of benzene rings is 1. The molecule has 1 aromatic rings. The first-order chi connectivity index (χ1) is 9.76. The molecule has 1 amide bonds. The highest BCUT2D eigenvalue weighted by molar-refractivity contribution is 7.89. The van der Waals surface area contributed by atoms with Crippen LogP contribution in [0.25, 0.3) is 0 Å². The summed E-state index contributed by atoms with van der Waals surface area (Å²) in [5.74, 6) is -0.213. The van der Waals surface area contributed by atoms with Gasteiger partial charge in [0, 0.05) is 25.8 Å². The largest absolute Gasteiger partial charge is 0.396 e. The third-order valence-electron chi connectivity index (χ3n) is 3.04. The second kappa shape index (κ2) is 7.53. The lowest BCUT2D eigenvalue weighted by molar-refractivity contribution is -0.114. The van der Waals surface area contributed by atoms with Gasteiger partial charge in [-0.25, -0.2) is 13.1 Å². The van der Waals surface area contributed by atoms with Crippen LogP contribution in [0.3, 0.4) is 0 Å². The first-order valence-corrected chi connectivity index (χ1v) is 8.23. The molecule has 6 nitrogen and oxygen atoms in total. The smallest absolute Gasteiger partial charge is 0.240 e. The van der Waals surface area contributed by atoms with Gasteiger partial charge in [0.25, 0.3) is 0 Å². The number of anilines is 1. The fourth-order valence-electron chi connectivity index (χ4n) is 1.82. The number of amides is 1. The minimum Gasteiger partial charge on any atom is -0.396 e. The number of rotatable bonds is 7. The summed E-state index contributed by atoms with van der Waals surface area (Å²) in [6.45, 7) is 5.21. The molecule has 0 aromatic heterocycles. The summed E-state index contributed by atoms with van der Waals surface area (Å²) >= 11 is 0. The molecule has 21 heavy (non-hydrogen) atoms. The van der Waals surface area contributed by atoms with Crippen LogP contribution in [-0.4, -0.2) is 32.6 Å². The van der Waals surface area contributed by atoms with Crippen molar-refractivity contribution < 1.29 is 18.3 Å². The van der Waals surface area contributed by atoms with Crippen molar-refractivity contribution in [2.45, 2.75) is 32.1 Å². The predicted octanol–water partition coefficient (Wildman–Crippen LogP) is 1.25. The van der Waals surface area contributed by atoms with Crippen molar-refractivity contribution in [3.05, 3.63) is 23.8 Å². The Balaban J connectivity index is 2.93. The van der Waals surface area contributed by atoms with E-state index in [1.165, 1.54) is 13.0 Å². The average molecular weight is 314 g/mol. The van der Waals surface area contributed by atoms with Gasteiger partial charge in [-0.15, -0.1) is 0 Å². The highest BCUT2D eigenvalue weighted by atomic mass is 32.2. The Bertz CT molecular complexity index is 599. The van der Waals surface area contributed by atoms with Crippen molar-refractivity contribution in [1.29, 1.82) is 0 Å². The maximum absolute atomic E-state index is 12.3. The SMILES string of the molecule is CC(=O)Nc1ccc(C)c(S(=O)(=O)NCC(C)CCO)c1. The summed E-state index contributed by atoms with van der Waals surface area (Å²) in [6.07, 6.45) is 0.535. The summed E-state index contributed by atoms with van der Waals surface area (Å²) in [6, 6.07) is 4.75. The van der Waals surface area contributed by atoms with Crippen molar-refractivity contribution in [3.8, 4) is 0 Å². The lowest BCUT2D eigenvalue weighted by Gasteiger charge is -2.14. The van der Waals surface area contributed by atoms with Gasteiger partial charge in [-0.05, 0) is 37.0 Å². The molecule has 0 saturated carbocycles. The van der Waals surface area contributed by atoms with Gasteiger partial charge in [0.05, 0.1) is 4.90 Å². The molecular weight excluding hydrogens is 292 g/mol. The molecule has 1 atom stereocenters. The second-order valence-corrected chi connectivity index (χ2v) is 6.87. The zero-order chi connectivity index (χ0) is 16.0. The first-order valence-electron chi connectivity index (χ1n) is 6.75. The third-order valence-corrected chi connectivity index (χ3v) is 4.61. The number of hydrogen-bond donors (Lipinski definition) is 3. The van der Waals surface area contributed by atoms with Crippen LogP contribution < -0.4 is 10.0 Å². The molecule has 1 rings (SSSR count). The molecule has 3 N–H and O–H groups in total. The monoisotopic (exact) mass is 314 g/mol. The van der Waals surface area contributed by atoms with E-state index in [0.29, 0.717) is 17.7 Å². The van der Waals surface area contributed by atoms with Gasteiger partial charge in [-0.3, -0.25) is 4.79 Å². The van der Waals surface area contributed by atoms with Gasteiger partial charge < -0.3 is 10.4 Å². The van der Waals surface area contributed by atoms with E-state index in [4.69, 9.17) is 5.11 Å². The molecule has 1 unspecified atom stereocenters. The number of aliphatic hydroxyl groups is 1. The summed E-state index contributed by atoms with van der Waals surface area (Å²) in [5.41, 5.74) is 1.04. The molecule has 0 bridgehead atoms. The maximum Gasteiger partial charge on any atom is 0.240 e. The summed E-state index contributed by atoms with van der Waals surface area (Å²) in [7, 11) is -3.65. The van der Waals surface area contributed by atoms with Crippen LogP contribution >= 0.6 is 0 Å². The zero-order valence-corrected chi connectivity index (χ0v) is 13.3. The molecule has 0 radical (unpaired) electrons. The molecule has 0 aliphatic heterocycles. The number of aliphatic hydroxyl groups excluding tert-OH is 1. The van der Waals surface area contributed by atoms with Crippen molar-refractivity contribution in [1.82, 2.24) is 4.72 Å². The van der Waals surface area contributed by atoms with E-state index in [9.17, 15) is 13.2 Å². The average Bonchev–Trinajstić information content (AvgIpc) is 2.38. The normalized spacial score (nSPS) is 13.0. The van der Waals surface area contributed by atoms with E-state index >= 15 is 0 Å². The molecule has 0 aliphatic rings. The maximum atomic E-state index is 12.3. The van der Waals surface area contributed by atoms with Crippen LogP contribution in [0.1, 0.15) is 25.8 Å². The topological polar surface area (TPSA) is 95.5 Å². The van der Waals surface area contributed by atoms with E-state index < -0.39 is 10.0 Å². The number of carbonyl (C=O) groups is 1. The molecule has 0 heterocycles. The van der Waals surface area contributed by atoms with Gasteiger partial charge in [0.1, 0.15) is 0 Å². The van der Waals surface area contributed by atoms with Crippen molar-refractivity contribution >= 4 is 21.6 Å². The van der Waals surface area contributed by atoms with Crippen LogP contribution in [0.2, 0.25) is 0 Å². The van der Waals surface area contributed by atoms with Crippen LogP contribution in [0.4, 0.5) is 5.69 Å². The molecule has 1 aromatic carbocycles. The Morgan fingerprint density at radius 3 is 2.62 bits per heavy atom. The Morgan fingerprint density at radius 1 is 1.38 bits per heavy atom. The van der Waals surface area contributed by atoms with Gasteiger partial charge in [0.2, 0.25) is 15.9 Å². The second-order valence-electron chi connectivity index (χ2n) is 5.13. The van der Waals surface area contributed by atoms with Gasteiger partial charge in [-0.2, -0.15) is 0 Å². The molecule has 7 heteroatoms. The highest BCUT2D eigenvalue weighted by Gasteiger charge is 2.18. The molecule has 0 fully saturated rings. The van der Waals surface area contributed by atoms with Gasteiger partial charge in [0.15, 0.2) is 0 Å². The Hall–Kier alpha value is -1.44. The highest BCUT2D eigenvalue weighted by Crippen LogP contribution is 2.20. The molecule has 118 valence electrons. The summed E-state index contributed by atoms with van der Waals surface area (Å²) in [5, 5.41) is 11.4. The minimum absolute atomic E-state index is 0.0277. The van der Waals surface area contributed by atoms with Crippen molar-refractivity contribution in [2.75, 3.05) is 18.5 Å². The van der Waals surface area contributed by atoms with Gasteiger partial charge in [-0.1, -0.05) is 13.0 Å². The van der Waals surface area contributed by atoms with Gasteiger partial charge >= 0.3 is 0 Å². The number of hydrogen-bond acceptors (Lipinski definition) is 4. The quantitative estimate of drug-likeness (QED) is 0.706. The van der Waals surface area contributed by atoms with Crippen LogP contribution in [-0.2, 0) is 14.8 Å². The predicted molar refractivity (Wildman–Crippen MR) is 81.5 cm³/mol. The number of sulfonamides is 1. The zero-order valence-electron chi connectivity index (χ0n) is 12.5. The van der Waals surface area contributed by atoms with E-state index in [1.807, 2.05) is 6.92 Å².